The van der Waals surface area contributed by atoms with Gasteiger partial charge in [0.1, 0.15) is 5.82 Å². The van der Waals surface area contributed by atoms with Crippen molar-refractivity contribution in [2.24, 2.45) is 0 Å². The normalized spacial score (nSPS) is 16.8. The minimum atomic E-state index is -0.323. The zero-order valence-electron chi connectivity index (χ0n) is 17.1. The number of nitrogens with zero attached hydrogens (tertiary/aromatic N) is 4. The fourth-order valence-electron chi connectivity index (χ4n) is 3.90. The van der Waals surface area contributed by atoms with E-state index in [4.69, 9.17) is 4.52 Å². The summed E-state index contributed by atoms with van der Waals surface area (Å²) in [5.41, 5.74) is 2.63. The molecule has 7 nitrogen and oxygen atoms in total. The minimum Gasteiger partial charge on any atom is -0.368 e. The van der Waals surface area contributed by atoms with E-state index in [9.17, 15) is 9.18 Å². The Hall–Kier alpha value is -3.42. The average molecular weight is 421 g/mol. The lowest BCUT2D eigenvalue weighted by Crippen LogP contribution is -2.50. The van der Waals surface area contributed by atoms with Gasteiger partial charge in [-0.25, -0.2) is 9.18 Å². The van der Waals surface area contributed by atoms with Gasteiger partial charge in [-0.2, -0.15) is 4.98 Å². The van der Waals surface area contributed by atoms with Crippen LogP contribution in [0.15, 0.2) is 53.1 Å². The third-order valence-electron chi connectivity index (χ3n) is 6.05. The molecule has 3 aromatic rings. The van der Waals surface area contributed by atoms with Gasteiger partial charge in [-0.15, -0.1) is 0 Å². The Labute approximate surface area is 179 Å². The summed E-state index contributed by atoms with van der Waals surface area (Å²) in [6.07, 6.45) is 3.50. The molecule has 2 aromatic carbocycles. The molecule has 0 atom stereocenters. The van der Waals surface area contributed by atoms with Gasteiger partial charge in [0.15, 0.2) is 0 Å². The molecule has 2 aliphatic rings. The number of halogens is 1. The lowest BCUT2D eigenvalue weighted by atomic mass is 9.85. The molecule has 1 aromatic heterocycles. The molecule has 2 amide bonds. The van der Waals surface area contributed by atoms with E-state index in [-0.39, 0.29) is 11.8 Å². The molecule has 8 heteroatoms. The van der Waals surface area contributed by atoms with Crippen LogP contribution in [-0.4, -0.2) is 47.3 Å². The van der Waals surface area contributed by atoms with Crippen molar-refractivity contribution in [2.75, 3.05) is 36.4 Å². The third-order valence-corrected chi connectivity index (χ3v) is 6.05. The first-order valence-electron chi connectivity index (χ1n) is 10.7. The summed E-state index contributed by atoms with van der Waals surface area (Å²) in [7, 11) is 0. The van der Waals surface area contributed by atoms with Crippen molar-refractivity contribution in [3.8, 4) is 11.4 Å². The van der Waals surface area contributed by atoms with Crippen LogP contribution in [0.1, 0.15) is 31.1 Å². The highest BCUT2D eigenvalue weighted by molar-refractivity contribution is 5.89. The first kappa shape index (κ1) is 19.5. The van der Waals surface area contributed by atoms with E-state index in [2.05, 4.69) is 32.5 Å². The number of carbonyl (C=O) groups excluding carboxylic acids is 1. The van der Waals surface area contributed by atoms with E-state index < -0.39 is 0 Å². The number of hydrogen-bond acceptors (Lipinski definition) is 5. The molecule has 160 valence electrons. The maximum Gasteiger partial charge on any atom is 0.321 e. The molecule has 5 rings (SSSR count). The number of anilines is 2. The second-order valence-electron chi connectivity index (χ2n) is 8.04. The van der Waals surface area contributed by atoms with Crippen LogP contribution in [0, 0.1) is 5.82 Å². The van der Waals surface area contributed by atoms with E-state index in [1.54, 1.807) is 17.0 Å². The van der Waals surface area contributed by atoms with Gasteiger partial charge in [-0.3, -0.25) is 0 Å². The second-order valence-corrected chi connectivity index (χ2v) is 8.04. The molecular weight excluding hydrogens is 397 g/mol. The summed E-state index contributed by atoms with van der Waals surface area (Å²) in [4.78, 5) is 21.0. The highest BCUT2D eigenvalue weighted by atomic mass is 19.1. The van der Waals surface area contributed by atoms with Gasteiger partial charge >= 0.3 is 6.03 Å². The monoisotopic (exact) mass is 421 g/mol. The standard InChI is InChI=1S/C23H24FN5O2/c24-18-6-8-19(9-7-18)25-23(30)29-14-12-28(13-15-29)20-10-4-16(5-11-20)21-26-22(31-27-21)17-2-1-3-17/h4-11,17H,1-3,12-15H2,(H,25,30). The molecule has 1 aliphatic carbocycles. The summed E-state index contributed by atoms with van der Waals surface area (Å²) >= 11 is 0. The predicted molar refractivity (Wildman–Crippen MR) is 116 cm³/mol. The van der Waals surface area contributed by atoms with Gasteiger partial charge in [0.25, 0.3) is 0 Å². The number of hydrogen-bond donors (Lipinski definition) is 1. The highest BCUT2D eigenvalue weighted by Gasteiger charge is 2.26. The van der Waals surface area contributed by atoms with Crippen LogP contribution in [0.4, 0.5) is 20.6 Å². The molecule has 1 N–H and O–H groups in total. The molecule has 0 spiro atoms. The van der Waals surface area contributed by atoms with Crippen molar-refractivity contribution in [1.29, 1.82) is 0 Å². The average Bonchev–Trinajstić information content (AvgIpc) is 3.24. The Morgan fingerprint density at radius 3 is 2.35 bits per heavy atom. The summed E-state index contributed by atoms with van der Waals surface area (Å²) in [6, 6.07) is 13.8. The van der Waals surface area contributed by atoms with Gasteiger partial charge in [-0.05, 0) is 61.4 Å². The summed E-state index contributed by atoms with van der Waals surface area (Å²) < 4.78 is 18.4. The topological polar surface area (TPSA) is 74.5 Å². The molecule has 2 heterocycles. The Balaban J connectivity index is 1.16. The van der Waals surface area contributed by atoms with Crippen LogP contribution in [0.2, 0.25) is 0 Å². The van der Waals surface area contributed by atoms with Crippen molar-refractivity contribution in [3.05, 3.63) is 60.2 Å². The van der Waals surface area contributed by atoms with Gasteiger partial charge < -0.3 is 19.6 Å². The molecule has 0 radical (unpaired) electrons. The first-order chi connectivity index (χ1) is 15.2. The van der Waals surface area contributed by atoms with Crippen LogP contribution in [-0.2, 0) is 0 Å². The van der Waals surface area contributed by atoms with E-state index in [0.29, 0.717) is 30.5 Å². The van der Waals surface area contributed by atoms with Crippen molar-refractivity contribution in [3.63, 3.8) is 0 Å². The number of carbonyl (C=O) groups is 1. The predicted octanol–water partition coefficient (Wildman–Crippen LogP) is 4.50. The molecule has 2 fully saturated rings. The van der Waals surface area contributed by atoms with Gasteiger partial charge in [-0.1, -0.05) is 11.6 Å². The highest BCUT2D eigenvalue weighted by Crippen LogP contribution is 2.36. The first-order valence-corrected chi connectivity index (χ1v) is 10.7. The SMILES string of the molecule is O=C(Nc1ccc(F)cc1)N1CCN(c2ccc(-c3noc(C4CCC4)n3)cc2)CC1. The fourth-order valence-corrected chi connectivity index (χ4v) is 3.90. The Bertz CT molecular complexity index is 1040. The molecule has 1 aliphatic heterocycles. The number of benzene rings is 2. The molecule has 31 heavy (non-hydrogen) atoms. The Morgan fingerprint density at radius 2 is 1.71 bits per heavy atom. The number of urea groups is 1. The smallest absolute Gasteiger partial charge is 0.321 e. The second kappa shape index (κ2) is 8.37. The molecular formula is C23H24FN5O2. The minimum absolute atomic E-state index is 0.166. The van der Waals surface area contributed by atoms with Crippen molar-refractivity contribution >= 4 is 17.4 Å². The largest absolute Gasteiger partial charge is 0.368 e. The number of rotatable bonds is 4. The molecule has 0 unspecified atom stereocenters. The van der Waals surface area contributed by atoms with Crippen molar-refractivity contribution in [2.45, 2.75) is 25.2 Å². The summed E-state index contributed by atoms with van der Waals surface area (Å²) in [6.45, 7) is 2.71. The number of piperazine rings is 1. The molecule has 1 saturated carbocycles. The number of amides is 2. The summed E-state index contributed by atoms with van der Waals surface area (Å²) in [5.74, 6) is 1.49. The van der Waals surface area contributed by atoms with Crippen molar-refractivity contribution < 1.29 is 13.7 Å². The maximum atomic E-state index is 13.0. The van der Waals surface area contributed by atoms with E-state index in [1.165, 1.54) is 18.6 Å². The fraction of sp³-hybridized carbons (Fsp3) is 0.348. The molecule has 1 saturated heterocycles. The Morgan fingerprint density at radius 1 is 1.00 bits per heavy atom. The quantitative estimate of drug-likeness (QED) is 0.672. The maximum absolute atomic E-state index is 13.0. The zero-order valence-corrected chi connectivity index (χ0v) is 17.1. The lowest BCUT2D eigenvalue weighted by Gasteiger charge is -2.36. The van der Waals surface area contributed by atoms with Gasteiger partial charge in [0.2, 0.25) is 11.7 Å². The van der Waals surface area contributed by atoms with Crippen LogP contribution >= 0.6 is 0 Å². The van der Waals surface area contributed by atoms with Crippen LogP contribution in [0.3, 0.4) is 0 Å². The Kier molecular flexibility index (Phi) is 5.28. The van der Waals surface area contributed by atoms with Gasteiger partial charge in [0, 0.05) is 49.0 Å². The van der Waals surface area contributed by atoms with E-state index in [0.717, 1.165) is 43.1 Å². The van der Waals surface area contributed by atoms with E-state index in [1.807, 2.05) is 12.1 Å². The molecule has 0 bridgehead atoms. The van der Waals surface area contributed by atoms with Crippen LogP contribution in [0.25, 0.3) is 11.4 Å². The van der Waals surface area contributed by atoms with Crippen LogP contribution in [0.5, 0.6) is 0 Å². The zero-order chi connectivity index (χ0) is 21.2. The number of aromatic nitrogens is 2. The van der Waals surface area contributed by atoms with Crippen molar-refractivity contribution in [1.82, 2.24) is 15.0 Å². The third kappa shape index (κ3) is 4.23. The van der Waals surface area contributed by atoms with E-state index >= 15 is 0 Å². The summed E-state index contributed by atoms with van der Waals surface area (Å²) in [5, 5.41) is 6.94. The van der Waals surface area contributed by atoms with Crippen LogP contribution < -0.4 is 10.2 Å². The lowest BCUT2D eigenvalue weighted by molar-refractivity contribution is 0.208. The number of nitrogens with one attached hydrogen (secondary N) is 1. The van der Waals surface area contributed by atoms with Gasteiger partial charge in [0.05, 0.1) is 0 Å².